The zero-order chi connectivity index (χ0) is 23.7. The monoisotopic (exact) mass is 492 g/mol. The van der Waals surface area contributed by atoms with Crippen molar-refractivity contribution in [1.82, 2.24) is 10.3 Å². The summed E-state index contributed by atoms with van der Waals surface area (Å²) in [6, 6.07) is 25.0. The molecule has 1 fully saturated rings. The van der Waals surface area contributed by atoms with E-state index in [1.165, 1.54) is 5.56 Å². The molecule has 2 unspecified atom stereocenters. The number of rotatable bonds is 5. The van der Waals surface area contributed by atoms with Crippen LogP contribution in [0, 0.1) is 0 Å². The molecule has 0 saturated carbocycles. The summed E-state index contributed by atoms with van der Waals surface area (Å²) in [5, 5.41) is 17.8. The minimum absolute atomic E-state index is 0.0879. The summed E-state index contributed by atoms with van der Waals surface area (Å²) in [7, 11) is 0. The lowest BCUT2D eigenvalue weighted by atomic mass is 9.70. The number of aliphatic hydroxyl groups is 1. The highest BCUT2D eigenvalue weighted by molar-refractivity contribution is 6.31. The second-order valence-electron chi connectivity index (χ2n) is 9.17. The smallest absolute Gasteiger partial charge is 0.252 e. The summed E-state index contributed by atoms with van der Waals surface area (Å²) in [5.41, 5.74) is 2.00. The number of aromatic nitrogens is 1. The van der Waals surface area contributed by atoms with E-state index in [0.717, 1.165) is 17.4 Å². The quantitative estimate of drug-likeness (QED) is 0.335. The summed E-state index contributed by atoms with van der Waals surface area (Å²) >= 11 is 12.4. The average Bonchev–Trinajstić information content (AvgIpc) is 2.82. The van der Waals surface area contributed by atoms with Crippen molar-refractivity contribution in [3.05, 3.63) is 116 Å². The lowest BCUT2D eigenvalue weighted by Crippen LogP contribution is -2.52. The van der Waals surface area contributed by atoms with Gasteiger partial charge in [0.05, 0.1) is 5.60 Å². The first-order valence-electron chi connectivity index (χ1n) is 11.5. The van der Waals surface area contributed by atoms with Gasteiger partial charge in [-0.15, -0.1) is 0 Å². The summed E-state index contributed by atoms with van der Waals surface area (Å²) in [4.78, 5) is 16.3. The van der Waals surface area contributed by atoms with E-state index in [1.54, 1.807) is 12.1 Å². The van der Waals surface area contributed by atoms with Crippen molar-refractivity contribution in [2.45, 2.75) is 36.8 Å². The van der Waals surface area contributed by atoms with Crippen molar-refractivity contribution in [3.8, 4) is 0 Å². The number of fused-ring (bicyclic) bond motifs is 1. The van der Waals surface area contributed by atoms with Gasteiger partial charge in [0.2, 0.25) is 0 Å². The SMILES string of the molecule is O=c1[nH]c2ccc(Cl)cc2cc1C(c1ccc(Cl)cc1)C1(O)CCN[C@H](Cc2ccccc2)C1. The number of aromatic amines is 1. The van der Waals surface area contributed by atoms with Crippen LogP contribution in [0.2, 0.25) is 10.0 Å². The van der Waals surface area contributed by atoms with E-state index in [4.69, 9.17) is 23.2 Å². The van der Waals surface area contributed by atoms with Gasteiger partial charge in [-0.2, -0.15) is 0 Å². The van der Waals surface area contributed by atoms with E-state index in [9.17, 15) is 9.90 Å². The summed E-state index contributed by atoms with van der Waals surface area (Å²) in [6.45, 7) is 0.662. The van der Waals surface area contributed by atoms with E-state index in [2.05, 4.69) is 22.4 Å². The first-order chi connectivity index (χ1) is 16.4. The molecular formula is C28H26Cl2N2O2. The van der Waals surface area contributed by atoms with Gasteiger partial charge in [0.25, 0.3) is 5.56 Å². The highest BCUT2D eigenvalue weighted by Crippen LogP contribution is 2.41. The molecule has 0 bridgehead atoms. The van der Waals surface area contributed by atoms with Gasteiger partial charge < -0.3 is 15.4 Å². The van der Waals surface area contributed by atoms with Gasteiger partial charge >= 0.3 is 0 Å². The molecule has 0 amide bonds. The Labute approximate surface area is 208 Å². The molecule has 3 N–H and O–H groups in total. The molecular weight excluding hydrogens is 467 g/mol. The third-order valence-electron chi connectivity index (χ3n) is 6.80. The van der Waals surface area contributed by atoms with Crippen LogP contribution in [0.15, 0.2) is 83.7 Å². The Hall–Kier alpha value is -2.63. The molecule has 5 rings (SSSR count). The number of nitrogens with one attached hydrogen (secondary N) is 2. The molecule has 1 aliphatic heterocycles. The third kappa shape index (κ3) is 4.77. The third-order valence-corrected chi connectivity index (χ3v) is 7.29. The van der Waals surface area contributed by atoms with Crippen LogP contribution in [0.5, 0.6) is 0 Å². The van der Waals surface area contributed by atoms with Crippen molar-refractivity contribution < 1.29 is 5.11 Å². The molecule has 2 heterocycles. The largest absolute Gasteiger partial charge is 0.389 e. The van der Waals surface area contributed by atoms with Crippen LogP contribution in [-0.4, -0.2) is 28.3 Å². The molecule has 1 aliphatic rings. The Bertz CT molecular complexity index is 1350. The highest BCUT2D eigenvalue weighted by Gasteiger charge is 2.43. The average molecular weight is 493 g/mol. The van der Waals surface area contributed by atoms with Crippen LogP contribution in [0.4, 0.5) is 0 Å². The van der Waals surface area contributed by atoms with Crippen LogP contribution in [-0.2, 0) is 6.42 Å². The fraction of sp³-hybridized carbons (Fsp3) is 0.250. The molecule has 174 valence electrons. The number of halogens is 2. The van der Waals surface area contributed by atoms with Gasteiger partial charge in [0.15, 0.2) is 0 Å². The Morgan fingerprint density at radius 1 is 0.971 bits per heavy atom. The van der Waals surface area contributed by atoms with Crippen molar-refractivity contribution in [2.75, 3.05) is 6.54 Å². The zero-order valence-electron chi connectivity index (χ0n) is 18.6. The standard InChI is InChI=1S/C28H26Cl2N2O2/c29-21-8-6-19(7-9-21)26(24-16-20-15-22(30)10-11-25(20)32-27(24)33)28(34)12-13-31-23(17-28)14-18-4-2-1-3-5-18/h1-11,15-16,23,26,31,34H,12-14,17H2,(H,32,33)/t23-,26?,28?/m1/s1. The zero-order valence-corrected chi connectivity index (χ0v) is 20.1. The number of benzene rings is 3. The number of piperidine rings is 1. The second-order valence-corrected chi connectivity index (χ2v) is 10.0. The molecule has 1 saturated heterocycles. The van der Waals surface area contributed by atoms with E-state index < -0.39 is 11.5 Å². The molecule has 4 aromatic rings. The van der Waals surface area contributed by atoms with Crippen molar-refractivity contribution >= 4 is 34.1 Å². The molecule has 0 spiro atoms. The van der Waals surface area contributed by atoms with Gasteiger partial charge in [-0.1, -0.05) is 65.7 Å². The molecule has 0 radical (unpaired) electrons. The maximum absolute atomic E-state index is 13.3. The van der Waals surface area contributed by atoms with Crippen molar-refractivity contribution in [1.29, 1.82) is 0 Å². The molecule has 1 aromatic heterocycles. The summed E-state index contributed by atoms with van der Waals surface area (Å²) in [5.74, 6) is -0.516. The lowest BCUT2D eigenvalue weighted by molar-refractivity contribution is -0.0188. The molecule has 0 aliphatic carbocycles. The van der Waals surface area contributed by atoms with Crippen LogP contribution < -0.4 is 10.9 Å². The maximum Gasteiger partial charge on any atom is 0.252 e. The molecule has 4 nitrogen and oxygen atoms in total. The lowest BCUT2D eigenvalue weighted by Gasteiger charge is -2.43. The fourth-order valence-electron chi connectivity index (χ4n) is 5.24. The van der Waals surface area contributed by atoms with E-state index >= 15 is 0 Å². The topological polar surface area (TPSA) is 65.1 Å². The van der Waals surface area contributed by atoms with Crippen LogP contribution in [0.25, 0.3) is 10.9 Å². The van der Waals surface area contributed by atoms with Gasteiger partial charge in [0, 0.05) is 33.1 Å². The number of H-pyrrole nitrogens is 1. The predicted octanol–water partition coefficient (Wildman–Crippen LogP) is 5.69. The molecule has 34 heavy (non-hydrogen) atoms. The minimum atomic E-state index is -1.11. The first kappa shape index (κ1) is 23.1. The van der Waals surface area contributed by atoms with E-state index in [0.29, 0.717) is 40.5 Å². The molecule has 6 heteroatoms. The van der Waals surface area contributed by atoms with Gasteiger partial charge in [0.1, 0.15) is 0 Å². The van der Waals surface area contributed by atoms with Crippen molar-refractivity contribution in [3.63, 3.8) is 0 Å². The van der Waals surface area contributed by atoms with Crippen molar-refractivity contribution in [2.24, 2.45) is 0 Å². The van der Waals surface area contributed by atoms with Crippen LogP contribution >= 0.6 is 23.2 Å². The normalized spacial score (nSPS) is 21.4. The van der Waals surface area contributed by atoms with Crippen LogP contribution in [0.3, 0.4) is 0 Å². The Balaban J connectivity index is 1.59. The van der Waals surface area contributed by atoms with E-state index in [1.807, 2.05) is 54.6 Å². The second kappa shape index (κ2) is 9.55. The first-order valence-corrected chi connectivity index (χ1v) is 12.2. The summed E-state index contributed by atoms with van der Waals surface area (Å²) < 4.78 is 0. The number of hydrogen-bond acceptors (Lipinski definition) is 3. The molecule has 3 aromatic carbocycles. The molecule has 3 atom stereocenters. The summed E-state index contributed by atoms with van der Waals surface area (Å²) in [6.07, 6.45) is 1.85. The Kier molecular flexibility index (Phi) is 6.50. The van der Waals surface area contributed by atoms with Gasteiger partial charge in [-0.05, 0) is 78.7 Å². The Morgan fingerprint density at radius 3 is 2.47 bits per heavy atom. The van der Waals surface area contributed by atoms with Crippen LogP contribution in [0.1, 0.15) is 35.4 Å². The minimum Gasteiger partial charge on any atom is -0.389 e. The maximum atomic E-state index is 13.3. The van der Waals surface area contributed by atoms with Gasteiger partial charge in [-0.3, -0.25) is 4.79 Å². The number of hydrogen-bond donors (Lipinski definition) is 3. The van der Waals surface area contributed by atoms with E-state index in [-0.39, 0.29) is 11.6 Å². The van der Waals surface area contributed by atoms with Gasteiger partial charge in [-0.25, -0.2) is 0 Å². The fourth-order valence-corrected chi connectivity index (χ4v) is 5.55. The Morgan fingerprint density at radius 2 is 1.71 bits per heavy atom. The number of pyridine rings is 1. The predicted molar refractivity (Wildman–Crippen MR) is 139 cm³/mol. The highest BCUT2D eigenvalue weighted by atomic mass is 35.5.